The van der Waals surface area contributed by atoms with Gasteiger partial charge in [0.2, 0.25) is 10.0 Å². The van der Waals surface area contributed by atoms with Crippen molar-refractivity contribution in [3.05, 3.63) is 65.5 Å². The molecule has 0 saturated carbocycles. The number of carbonyl (C=O) groups excluding carboxylic acids is 1. The van der Waals surface area contributed by atoms with Gasteiger partial charge in [-0.05, 0) is 36.2 Å². The molecule has 0 aliphatic carbocycles. The zero-order valence-corrected chi connectivity index (χ0v) is 15.7. The Morgan fingerprint density at radius 3 is 2.56 bits per heavy atom. The van der Waals surface area contributed by atoms with Gasteiger partial charge in [0, 0.05) is 24.6 Å². The third kappa shape index (κ3) is 4.45. The second-order valence-corrected chi connectivity index (χ2v) is 8.54. The largest absolute Gasteiger partial charge is 0.338 e. The van der Waals surface area contributed by atoms with Crippen LogP contribution in [0.2, 0.25) is 0 Å². The van der Waals surface area contributed by atoms with E-state index in [1.54, 1.807) is 4.90 Å². The molecule has 2 aromatic rings. The number of nitrogens with one attached hydrogen (secondary N) is 1. The van der Waals surface area contributed by atoms with E-state index in [0.29, 0.717) is 19.6 Å². The van der Waals surface area contributed by atoms with E-state index < -0.39 is 15.8 Å². The minimum atomic E-state index is -3.65. The standard InChI is InChI=1S/C19H22FN3O3S/c1-27(25,26)22-18-9-14(7-8-17(18)20)19(24)23-11-15(10-21)16(12-23)13-5-3-2-4-6-13/h2-9,15-16,22H,10-12,21H2,1H3/t15-,16+/m1/s1. The van der Waals surface area contributed by atoms with E-state index in [1.807, 2.05) is 30.3 Å². The summed E-state index contributed by atoms with van der Waals surface area (Å²) < 4.78 is 38.7. The Hall–Kier alpha value is -2.45. The van der Waals surface area contributed by atoms with Crippen LogP contribution in [0.4, 0.5) is 10.1 Å². The van der Waals surface area contributed by atoms with Crippen molar-refractivity contribution in [2.24, 2.45) is 11.7 Å². The second kappa shape index (κ2) is 7.66. The number of hydrogen-bond acceptors (Lipinski definition) is 4. The van der Waals surface area contributed by atoms with E-state index in [1.165, 1.54) is 12.1 Å². The number of sulfonamides is 1. The lowest BCUT2D eigenvalue weighted by Gasteiger charge is -2.17. The maximum absolute atomic E-state index is 13.9. The number of hydrogen-bond donors (Lipinski definition) is 2. The van der Waals surface area contributed by atoms with Crippen molar-refractivity contribution in [1.82, 2.24) is 4.90 Å². The highest BCUT2D eigenvalue weighted by Gasteiger charge is 2.35. The van der Waals surface area contributed by atoms with Crippen LogP contribution in [-0.2, 0) is 10.0 Å². The van der Waals surface area contributed by atoms with Crippen molar-refractivity contribution in [2.75, 3.05) is 30.6 Å². The van der Waals surface area contributed by atoms with E-state index >= 15 is 0 Å². The van der Waals surface area contributed by atoms with Gasteiger partial charge in [-0.2, -0.15) is 0 Å². The highest BCUT2D eigenvalue weighted by molar-refractivity contribution is 7.92. The molecule has 1 amide bonds. The van der Waals surface area contributed by atoms with Gasteiger partial charge < -0.3 is 10.6 Å². The number of rotatable bonds is 5. The molecule has 1 fully saturated rings. The summed E-state index contributed by atoms with van der Waals surface area (Å²) in [5.74, 6) is -0.747. The monoisotopic (exact) mass is 391 g/mol. The van der Waals surface area contributed by atoms with Crippen LogP contribution < -0.4 is 10.5 Å². The van der Waals surface area contributed by atoms with Crippen molar-refractivity contribution in [3.63, 3.8) is 0 Å². The molecule has 1 aliphatic rings. The Labute approximate surface area is 158 Å². The normalized spacial score (nSPS) is 19.9. The molecule has 0 aromatic heterocycles. The van der Waals surface area contributed by atoms with Gasteiger partial charge in [-0.1, -0.05) is 30.3 Å². The van der Waals surface area contributed by atoms with Gasteiger partial charge in [0.15, 0.2) is 0 Å². The van der Waals surface area contributed by atoms with E-state index in [-0.39, 0.29) is 29.0 Å². The molecule has 0 spiro atoms. The molecule has 0 bridgehead atoms. The number of nitrogens with two attached hydrogens (primary N) is 1. The summed E-state index contributed by atoms with van der Waals surface area (Å²) in [6.07, 6.45) is 0.928. The third-order valence-electron chi connectivity index (χ3n) is 4.77. The number of anilines is 1. The minimum absolute atomic E-state index is 0.130. The second-order valence-electron chi connectivity index (χ2n) is 6.79. The first-order chi connectivity index (χ1) is 12.8. The lowest BCUT2D eigenvalue weighted by atomic mass is 9.89. The number of amides is 1. The van der Waals surface area contributed by atoms with Crippen molar-refractivity contribution in [3.8, 4) is 0 Å². The highest BCUT2D eigenvalue weighted by Crippen LogP contribution is 2.33. The number of nitrogens with zero attached hydrogens (tertiary/aromatic N) is 1. The molecule has 3 rings (SSSR count). The Morgan fingerprint density at radius 2 is 1.93 bits per heavy atom. The molecule has 0 radical (unpaired) electrons. The van der Waals surface area contributed by atoms with E-state index in [9.17, 15) is 17.6 Å². The molecule has 1 heterocycles. The number of benzene rings is 2. The van der Waals surface area contributed by atoms with E-state index in [4.69, 9.17) is 5.73 Å². The van der Waals surface area contributed by atoms with Crippen molar-refractivity contribution < 1.29 is 17.6 Å². The Bertz CT molecular complexity index is 934. The molecule has 1 aliphatic heterocycles. The number of halogens is 1. The topological polar surface area (TPSA) is 92.5 Å². The molecule has 3 N–H and O–H groups in total. The molecule has 0 unspecified atom stereocenters. The fourth-order valence-electron chi connectivity index (χ4n) is 3.47. The Balaban J connectivity index is 1.83. The summed E-state index contributed by atoms with van der Waals surface area (Å²) in [6, 6.07) is 13.6. The molecule has 6 nitrogen and oxygen atoms in total. The van der Waals surface area contributed by atoms with Crippen LogP contribution in [0.1, 0.15) is 21.8 Å². The predicted octanol–water partition coefficient (Wildman–Crippen LogP) is 2.01. The zero-order chi connectivity index (χ0) is 19.6. The summed E-state index contributed by atoms with van der Waals surface area (Å²) in [4.78, 5) is 14.6. The fraction of sp³-hybridized carbons (Fsp3) is 0.316. The van der Waals surface area contributed by atoms with Crippen molar-refractivity contribution >= 4 is 21.6 Å². The van der Waals surface area contributed by atoms with Gasteiger partial charge in [0.1, 0.15) is 5.82 Å². The van der Waals surface area contributed by atoms with Gasteiger partial charge in [-0.15, -0.1) is 0 Å². The summed E-state index contributed by atoms with van der Waals surface area (Å²) in [5, 5.41) is 0. The van der Waals surface area contributed by atoms with Crippen LogP contribution in [0.5, 0.6) is 0 Å². The van der Waals surface area contributed by atoms with Crippen LogP contribution >= 0.6 is 0 Å². The SMILES string of the molecule is CS(=O)(=O)Nc1cc(C(=O)N2C[C@@H](CN)[C@H](c3ccccc3)C2)ccc1F. The van der Waals surface area contributed by atoms with Crippen LogP contribution in [-0.4, -0.2) is 45.1 Å². The average molecular weight is 391 g/mol. The molecule has 2 atom stereocenters. The first kappa shape index (κ1) is 19.3. The summed E-state index contributed by atoms with van der Waals surface area (Å²) in [6.45, 7) is 1.46. The van der Waals surface area contributed by atoms with Crippen LogP contribution in [0.25, 0.3) is 0 Å². The number of likely N-dealkylation sites (tertiary alicyclic amines) is 1. The first-order valence-electron chi connectivity index (χ1n) is 8.60. The van der Waals surface area contributed by atoms with Gasteiger partial charge in [0.05, 0.1) is 11.9 Å². The molecule has 144 valence electrons. The molecular weight excluding hydrogens is 369 g/mol. The first-order valence-corrected chi connectivity index (χ1v) is 10.5. The third-order valence-corrected chi connectivity index (χ3v) is 5.36. The molecule has 1 saturated heterocycles. The maximum atomic E-state index is 13.9. The summed E-state index contributed by atoms with van der Waals surface area (Å²) in [7, 11) is -3.65. The summed E-state index contributed by atoms with van der Waals surface area (Å²) >= 11 is 0. The maximum Gasteiger partial charge on any atom is 0.253 e. The highest BCUT2D eigenvalue weighted by atomic mass is 32.2. The van der Waals surface area contributed by atoms with Gasteiger partial charge >= 0.3 is 0 Å². The minimum Gasteiger partial charge on any atom is -0.338 e. The smallest absolute Gasteiger partial charge is 0.253 e. The van der Waals surface area contributed by atoms with Crippen LogP contribution in [0, 0.1) is 11.7 Å². The predicted molar refractivity (Wildman–Crippen MR) is 102 cm³/mol. The van der Waals surface area contributed by atoms with Crippen molar-refractivity contribution in [2.45, 2.75) is 5.92 Å². The van der Waals surface area contributed by atoms with Crippen molar-refractivity contribution in [1.29, 1.82) is 0 Å². The zero-order valence-electron chi connectivity index (χ0n) is 14.9. The Kier molecular flexibility index (Phi) is 5.48. The molecule has 8 heteroatoms. The fourth-order valence-corrected chi connectivity index (χ4v) is 4.03. The van der Waals surface area contributed by atoms with Crippen LogP contribution in [0.3, 0.4) is 0 Å². The quantitative estimate of drug-likeness (QED) is 0.816. The van der Waals surface area contributed by atoms with Gasteiger partial charge in [0.25, 0.3) is 5.91 Å². The molecule has 27 heavy (non-hydrogen) atoms. The molecular formula is C19H22FN3O3S. The van der Waals surface area contributed by atoms with E-state index in [2.05, 4.69) is 4.72 Å². The van der Waals surface area contributed by atoms with Crippen LogP contribution in [0.15, 0.2) is 48.5 Å². The van der Waals surface area contributed by atoms with Gasteiger partial charge in [-0.3, -0.25) is 9.52 Å². The lowest BCUT2D eigenvalue weighted by Crippen LogP contribution is -2.30. The average Bonchev–Trinajstić information content (AvgIpc) is 3.07. The number of carbonyl (C=O) groups is 1. The lowest BCUT2D eigenvalue weighted by molar-refractivity contribution is 0.0786. The van der Waals surface area contributed by atoms with Gasteiger partial charge in [-0.25, -0.2) is 12.8 Å². The molecule has 2 aromatic carbocycles. The Morgan fingerprint density at radius 1 is 1.22 bits per heavy atom. The van der Waals surface area contributed by atoms with E-state index in [0.717, 1.165) is 17.9 Å². The summed E-state index contributed by atoms with van der Waals surface area (Å²) in [5.41, 5.74) is 7.03.